The van der Waals surface area contributed by atoms with Gasteiger partial charge in [-0.2, -0.15) is 0 Å². The van der Waals surface area contributed by atoms with Gasteiger partial charge < -0.3 is 0 Å². The maximum Gasteiger partial charge on any atom is 0.220 e. The zero-order valence-corrected chi connectivity index (χ0v) is 14.3. The standard InChI is InChI=1S/C18H13Cl2NO3/c1-18(10-21(23)24)16-5-3-2-4-11(16)8-15(17(18)22)12-6-13(19)9-14(20)7-12/h2-9H,10H2,1H3/t18-/m1/s1. The van der Waals surface area contributed by atoms with E-state index in [0.29, 0.717) is 26.7 Å². The first-order valence-electron chi connectivity index (χ1n) is 7.25. The van der Waals surface area contributed by atoms with Crippen molar-refractivity contribution in [2.45, 2.75) is 12.3 Å². The van der Waals surface area contributed by atoms with Gasteiger partial charge in [-0.15, -0.1) is 0 Å². The van der Waals surface area contributed by atoms with Crippen LogP contribution in [0, 0.1) is 10.1 Å². The van der Waals surface area contributed by atoms with Crippen LogP contribution in [0.15, 0.2) is 42.5 Å². The molecule has 0 aromatic heterocycles. The molecule has 0 unspecified atom stereocenters. The summed E-state index contributed by atoms with van der Waals surface area (Å²) in [5, 5.41) is 12.0. The highest BCUT2D eigenvalue weighted by atomic mass is 35.5. The van der Waals surface area contributed by atoms with Gasteiger partial charge in [0.1, 0.15) is 5.41 Å². The summed E-state index contributed by atoms with van der Waals surface area (Å²) in [4.78, 5) is 23.8. The van der Waals surface area contributed by atoms with E-state index in [2.05, 4.69) is 0 Å². The van der Waals surface area contributed by atoms with Crippen LogP contribution in [0.25, 0.3) is 11.6 Å². The van der Waals surface area contributed by atoms with Crippen LogP contribution in [0.2, 0.25) is 10.0 Å². The average molecular weight is 362 g/mol. The molecule has 3 rings (SSSR count). The van der Waals surface area contributed by atoms with Gasteiger partial charge >= 0.3 is 0 Å². The van der Waals surface area contributed by atoms with Crippen LogP contribution in [0.5, 0.6) is 0 Å². The molecule has 2 aromatic carbocycles. The zero-order valence-electron chi connectivity index (χ0n) is 12.8. The molecule has 24 heavy (non-hydrogen) atoms. The van der Waals surface area contributed by atoms with E-state index in [-0.39, 0.29) is 5.78 Å². The number of fused-ring (bicyclic) bond motifs is 1. The maximum absolute atomic E-state index is 13.1. The van der Waals surface area contributed by atoms with Crippen molar-refractivity contribution in [1.82, 2.24) is 0 Å². The van der Waals surface area contributed by atoms with E-state index in [9.17, 15) is 14.9 Å². The Kier molecular flexibility index (Phi) is 4.20. The third-order valence-electron chi connectivity index (χ3n) is 4.22. The highest BCUT2D eigenvalue weighted by Crippen LogP contribution is 2.40. The molecule has 0 radical (unpaired) electrons. The molecule has 0 bridgehead atoms. The van der Waals surface area contributed by atoms with Crippen LogP contribution in [-0.2, 0) is 10.2 Å². The van der Waals surface area contributed by atoms with Gasteiger partial charge in [-0.1, -0.05) is 47.5 Å². The third-order valence-corrected chi connectivity index (χ3v) is 4.66. The number of hydrogen-bond acceptors (Lipinski definition) is 3. The number of ketones is 1. The second-order valence-corrected chi connectivity index (χ2v) is 6.83. The number of carbonyl (C=O) groups is 1. The van der Waals surface area contributed by atoms with Gasteiger partial charge in [-0.05, 0) is 47.9 Å². The summed E-state index contributed by atoms with van der Waals surface area (Å²) in [6.07, 6.45) is 1.74. The molecule has 4 nitrogen and oxygen atoms in total. The summed E-state index contributed by atoms with van der Waals surface area (Å²) in [6.45, 7) is 1.13. The van der Waals surface area contributed by atoms with Crippen molar-refractivity contribution in [2.24, 2.45) is 0 Å². The Morgan fingerprint density at radius 3 is 2.38 bits per heavy atom. The molecular weight excluding hydrogens is 349 g/mol. The van der Waals surface area contributed by atoms with Crippen molar-refractivity contribution >= 4 is 40.6 Å². The summed E-state index contributed by atoms with van der Waals surface area (Å²) < 4.78 is 0. The maximum atomic E-state index is 13.1. The molecule has 1 aliphatic carbocycles. The van der Waals surface area contributed by atoms with Crippen molar-refractivity contribution in [1.29, 1.82) is 0 Å². The Balaban J connectivity index is 2.23. The van der Waals surface area contributed by atoms with E-state index < -0.39 is 16.9 Å². The normalized spacial score (nSPS) is 19.6. The summed E-state index contributed by atoms with van der Waals surface area (Å²) in [5.41, 5.74) is 1.14. The van der Waals surface area contributed by atoms with Crippen LogP contribution < -0.4 is 0 Å². The Bertz CT molecular complexity index is 871. The van der Waals surface area contributed by atoms with E-state index in [1.54, 1.807) is 43.3 Å². The van der Waals surface area contributed by atoms with Crippen molar-refractivity contribution < 1.29 is 9.72 Å². The molecule has 1 atom stereocenters. The molecule has 0 amide bonds. The Hall–Kier alpha value is -2.17. The summed E-state index contributed by atoms with van der Waals surface area (Å²) >= 11 is 12.1. The largest absolute Gasteiger partial charge is 0.293 e. The minimum absolute atomic E-state index is 0.309. The van der Waals surface area contributed by atoms with Gasteiger partial charge in [-0.25, -0.2) is 0 Å². The summed E-state index contributed by atoms with van der Waals surface area (Å²) in [6, 6.07) is 12.1. The number of nitro groups is 1. The van der Waals surface area contributed by atoms with Crippen LogP contribution in [0.3, 0.4) is 0 Å². The van der Waals surface area contributed by atoms with Gasteiger partial charge in [0.2, 0.25) is 6.54 Å². The van der Waals surface area contributed by atoms with Crippen LogP contribution in [0.1, 0.15) is 23.6 Å². The Morgan fingerprint density at radius 2 is 1.75 bits per heavy atom. The van der Waals surface area contributed by atoms with E-state index in [0.717, 1.165) is 5.56 Å². The lowest BCUT2D eigenvalue weighted by molar-refractivity contribution is -0.487. The molecule has 1 aliphatic rings. The number of rotatable bonds is 3. The zero-order chi connectivity index (χ0) is 17.5. The number of carbonyl (C=O) groups excluding carboxylic acids is 1. The number of benzene rings is 2. The van der Waals surface area contributed by atoms with Crippen LogP contribution in [-0.4, -0.2) is 17.3 Å². The van der Waals surface area contributed by atoms with Crippen molar-refractivity contribution in [3.8, 4) is 0 Å². The molecule has 6 heteroatoms. The monoisotopic (exact) mass is 361 g/mol. The highest BCUT2D eigenvalue weighted by Gasteiger charge is 2.45. The fourth-order valence-corrected chi connectivity index (χ4v) is 3.63. The minimum Gasteiger partial charge on any atom is -0.293 e. The fraction of sp³-hybridized carbons (Fsp3) is 0.167. The first-order chi connectivity index (χ1) is 11.3. The molecule has 0 saturated heterocycles. The van der Waals surface area contributed by atoms with Crippen LogP contribution >= 0.6 is 23.2 Å². The van der Waals surface area contributed by atoms with E-state index >= 15 is 0 Å². The Morgan fingerprint density at radius 1 is 1.12 bits per heavy atom. The lowest BCUT2D eigenvalue weighted by Crippen LogP contribution is -2.42. The molecule has 2 aromatic rings. The fourth-order valence-electron chi connectivity index (χ4n) is 3.10. The third kappa shape index (κ3) is 2.83. The second kappa shape index (κ2) is 6.04. The quantitative estimate of drug-likeness (QED) is 0.590. The smallest absolute Gasteiger partial charge is 0.220 e. The molecule has 0 N–H and O–H groups in total. The molecule has 0 aliphatic heterocycles. The van der Waals surface area contributed by atoms with Crippen molar-refractivity contribution in [3.63, 3.8) is 0 Å². The number of halogens is 2. The first-order valence-corrected chi connectivity index (χ1v) is 8.01. The topological polar surface area (TPSA) is 60.2 Å². The molecule has 0 heterocycles. The minimum atomic E-state index is -1.24. The summed E-state index contributed by atoms with van der Waals surface area (Å²) in [5.74, 6) is -0.309. The van der Waals surface area contributed by atoms with Gasteiger partial charge in [0.05, 0.1) is 0 Å². The van der Waals surface area contributed by atoms with Crippen molar-refractivity contribution in [2.75, 3.05) is 6.54 Å². The van der Waals surface area contributed by atoms with Gasteiger partial charge in [-0.3, -0.25) is 14.9 Å². The lowest BCUT2D eigenvalue weighted by atomic mass is 9.69. The summed E-state index contributed by atoms with van der Waals surface area (Å²) in [7, 11) is 0. The number of Topliss-reactive ketones (excluding diaryl/α,β-unsaturated/α-hetero) is 1. The van der Waals surface area contributed by atoms with Gasteiger partial charge in [0, 0.05) is 20.5 Å². The van der Waals surface area contributed by atoms with Crippen LogP contribution in [0.4, 0.5) is 0 Å². The SMILES string of the molecule is C[C@]1(C[N+](=O)[O-])C(=O)C(c2cc(Cl)cc(Cl)c2)=Cc2ccccc21. The lowest BCUT2D eigenvalue weighted by Gasteiger charge is -2.31. The number of nitrogens with zero attached hydrogens (tertiary/aromatic N) is 1. The van der Waals surface area contributed by atoms with Gasteiger partial charge in [0.15, 0.2) is 5.78 Å². The van der Waals surface area contributed by atoms with E-state index in [1.807, 2.05) is 12.1 Å². The van der Waals surface area contributed by atoms with Gasteiger partial charge in [0.25, 0.3) is 0 Å². The molecular formula is C18H13Cl2NO3. The predicted molar refractivity (Wildman–Crippen MR) is 95.0 cm³/mol. The molecule has 122 valence electrons. The first kappa shape index (κ1) is 16.7. The molecule has 0 spiro atoms. The molecule has 0 fully saturated rings. The number of hydrogen-bond donors (Lipinski definition) is 0. The van der Waals surface area contributed by atoms with Crippen molar-refractivity contribution in [3.05, 3.63) is 79.3 Å². The second-order valence-electron chi connectivity index (χ2n) is 5.96. The molecule has 0 saturated carbocycles. The van der Waals surface area contributed by atoms with E-state index in [1.165, 1.54) is 0 Å². The number of allylic oxidation sites excluding steroid dienone is 1. The Labute approximate surface area is 148 Å². The average Bonchev–Trinajstić information content (AvgIpc) is 2.49. The van der Waals surface area contributed by atoms with E-state index in [4.69, 9.17) is 23.2 Å². The highest BCUT2D eigenvalue weighted by molar-refractivity contribution is 6.36. The predicted octanol–water partition coefficient (Wildman–Crippen LogP) is 4.65.